The molecule has 0 N–H and O–H groups in total. The van der Waals surface area contributed by atoms with E-state index in [9.17, 15) is 4.39 Å². The van der Waals surface area contributed by atoms with Crippen LogP contribution < -0.4 is 9.47 Å². The SMILES string of the molecule is CCOc1ccc(CC(C)CCCc2ccc(F)c(Oc3ccccc3)c2)cc1. The molecule has 0 bridgehead atoms. The van der Waals surface area contributed by atoms with Gasteiger partial charge in [-0.25, -0.2) is 4.39 Å². The molecule has 3 heteroatoms. The molecule has 3 aromatic rings. The highest BCUT2D eigenvalue weighted by Gasteiger charge is 2.08. The van der Waals surface area contributed by atoms with Crippen molar-refractivity contribution in [1.82, 2.24) is 0 Å². The molecule has 3 aromatic carbocycles. The van der Waals surface area contributed by atoms with E-state index in [0.29, 0.717) is 18.3 Å². The number of para-hydroxylation sites is 1. The molecule has 152 valence electrons. The van der Waals surface area contributed by atoms with E-state index in [2.05, 4.69) is 19.1 Å². The maximum absolute atomic E-state index is 14.1. The molecule has 2 nitrogen and oxygen atoms in total. The molecular formula is C26H29FO2. The molecular weight excluding hydrogens is 363 g/mol. The van der Waals surface area contributed by atoms with Gasteiger partial charge in [0.2, 0.25) is 0 Å². The van der Waals surface area contributed by atoms with E-state index >= 15 is 0 Å². The summed E-state index contributed by atoms with van der Waals surface area (Å²) in [6, 6.07) is 22.9. The summed E-state index contributed by atoms with van der Waals surface area (Å²) < 4.78 is 25.3. The maximum atomic E-state index is 14.1. The van der Waals surface area contributed by atoms with Crippen molar-refractivity contribution < 1.29 is 13.9 Å². The van der Waals surface area contributed by atoms with Crippen molar-refractivity contribution in [1.29, 1.82) is 0 Å². The van der Waals surface area contributed by atoms with Crippen molar-refractivity contribution in [2.45, 2.75) is 39.5 Å². The molecule has 1 atom stereocenters. The van der Waals surface area contributed by atoms with E-state index in [4.69, 9.17) is 9.47 Å². The summed E-state index contributed by atoms with van der Waals surface area (Å²) in [5.74, 6) is 2.12. The summed E-state index contributed by atoms with van der Waals surface area (Å²) in [6.45, 7) is 4.97. The predicted octanol–water partition coefficient (Wildman–Crippen LogP) is 7.22. The zero-order chi connectivity index (χ0) is 20.5. The monoisotopic (exact) mass is 392 g/mol. The fourth-order valence-electron chi connectivity index (χ4n) is 3.44. The average Bonchev–Trinajstić information content (AvgIpc) is 2.73. The quantitative estimate of drug-likeness (QED) is 0.363. The lowest BCUT2D eigenvalue weighted by Gasteiger charge is -2.13. The van der Waals surface area contributed by atoms with E-state index in [1.54, 1.807) is 0 Å². The first-order valence-electron chi connectivity index (χ1n) is 10.4. The van der Waals surface area contributed by atoms with E-state index < -0.39 is 0 Å². The fourth-order valence-corrected chi connectivity index (χ4v) is 3.44. The Bertz CT molecular complexity index is 875. The van der Waals surface area contributed by atoms with Gasteiger partial charge in [-0.1, -0.05) is 49.7 Å². The molecule has 0 aromatic heterocycles. The van der Waals surface area contributed by atoms with Crippen molar-refractivity contribution in [3.05, 3.63) is 89.7 Å². The lowest BCUT2D eigenvalue weighted by Crippen LogP contribution is -2.01. The van der Waals surface area contributed by atoms with Gasteiger partial charge < -0.3 is 9.47 Å². The van der Waals surface area contributed by atoms with Crippen LogP contribution in [0.2, 0.25) is 0 Å². The highest BCUT2D eigenvalue weighted by atomic mass is 19.1. The summed E-state index contributed by atoms with van der Waals surface area (Å²) in [7, 11) is 0. The van der Waals surface area contributed by atoms with E-state index in [0.717, 1.165) is 37.0 Å². The Morgan fingerprint density at radius 1 is 0.862 bits per heavy atom. The molecule has 1 unspecified atom stereocenters. The molecule has 0 heterocycles. The van der Waals surface area contributed by atoms with Gasteiger partial charge in [0, 0.05) is 0 Å². The van der Waals surface area contributed by atoms with Gasteiger partial charge in [0.15, 0.2) is 11.6 Å². The van der Waals surface area contributed by atoms with E-state index in [-0.39, 0.29) is 11.6 Å². The molecule has 29 heavy (non-hydrogen) atoms. The van der Waals surface area contributed by atoms with Crippen LogP contribution in [0.15, 0.2) is 72.8 Å². The normalized spacial score (nSPS) is 11.8. The van der Waals surface area contributed by atoms with Crippen LogP contribution in [0.1, 0.15) is 37.8 Å². The van der Waals surface area contributed by atoms with Crippen LogP contribution in [-0.4, -0.2) is 6.61 Å². The highest BCUT2D eigenvalue weighted by Crippen LogP contribution is 2.26. The number of benzene rings is 3. The van der Waals surface area contributed by atoms with Gasteiger partial charge in [-0.3, -0.25) is 0 Å². The molecule has 0 saturated heterocycles. The molecule has 0 aliphatic rings. The molecule has 0 radical (unpaired) electrons. The van der Waals surface area contributed by atoms with Crippen LogP contribution in [0.3, 0.4) is 0 Å². The lowest BCUT2D eigenvalue weighted by molar-refractivity contribution is 0.340. The van der Waals surface area contributed by atoms with Gasteiger partial charge >= 0.3 is 0 Å². The van der Waals surface area contributed by atoms with Crippen molar-refractivity contribution in [3.8, 4) is 17.2 Å². The number of aryl methyl sites for hydroxylation is 1. The van der Waals surface area contributed by atoms with Crippen LogP contribution in [0.4, 0.5) is 4.39 Å². The minimum absolute atomic E-state index is 0.288. The molecule has 0 aliphatic carbocycles. The first-order valence-corrected chi connectivity index (χ1v) is 10.4. The third kappa shape index (κ3) is 6.63. The average molecular weight is 393 g/mol. The Balaban J connectivity index is 1.48. The summed E-state index contributed by atoms with van der Waals surface area (Å²) in [6.07, 6.45) is 4.16. The second kappa shape index (κ2) is 10.7. The number of hydrogen-bond donors (Lipinski definition) is 0. The topological polar surface area (TPSA) is 18.5 Å². The van der Waals surface area contributed by atoms with Crippen molar-refractivity contribution >= 4 is 0 Å². The molecule has 0 fully saturated rings. The van der Waals surface area contributed by atoms with Gasteiger partial charge in [0.25, 0.3) is 0 Å². The Morgan fingerprint density at radius 3 is 2.31 bits per heavy atom. The van der Waals surface area contributed by atoms with Gasteiger partial charge in [-0.05, 0) is 79.6 Å². The minimum Gasteiger partial charge on any atom is -0.494 e. The van der Waals surface area contributed by atoms with Crippen LogP contribution in [0, 0.1) is 11.7 Å². The summed E-state index contributed by atoms with van der Waals surface area (Å²) >= 11 is 0. The predicted molar refractivity (Wildman–Crippen MR) is 116 cm³/mol. The second-order valence-corrected chi connectivity index (χ2v) is 7.46. The zero-order valence-corrected chi connectivity index (χ0v) is 17.2. The van der Waals surface area contributed by atoms with Crippen molar-refractivity contribution in [2.24, 2.45) is 5.92 Å². The van der Waals surface area contributed by atoms with E-state index in [1.807, 2.05) is 61.5 Å². The van der Waals surface area contributed by atoms with Gasteiger partial charge in [-0.2, -0.15) is 0 Å². The second-order valence-electron chi connectivity index (χ2n) is 7.46. The van der Waals surface area contributed by atoms with E-state index in [1.165, 1.54) is 11.6 Å². The number of halogens is 1. The Kier molecular flexibility index (Phi) is 7.69. The maximum Gasteiger partial charge on any atom is 0.165 e. The molecule has 3 rings (SSSR count). The molecule has 0 amide bonds. The number of rotatable bonds is 10. The fraction of sp³-hybridized carbons (Fsp3) is 0.308. The molecule has 0 aliphatic heterocycles. The van der Waals surface area contributed by atoms with Crippen molar-refractivity contribution in [3.63, 3.8) is 0 Å². The Morgan fingerprint density at radius 2 is 1.59 bits per heavy atom. The minimum atomic E-state index is -0.332. The third-order valence-corrected chi connectivity index (χ3v) is 4.95. The summed E-state index contributed by atoms with van der Waals surface area (Å²) in [4.78, 5) is 0. The highest BCUT2D eigenvalue weighted by molar-refractivity contribution is 5.35. The molecule has 0 saturated carbocycles. The Labute approximate surface area is 173 Å². The first-order chi connectivity index (χ1) is 14.1. The lowest BCUT2D eigenvalue weighted by atomic mass is 9.94. The smallest absolute Gasteiger partial charge is 0.165 e. The van der Waals surface area contributed by atoms with Crippen LogP contribution >= 0.6 is 0 Å². The zero-order valence-electron chi connectivity index (χ0n) is 17.2. The van der Waals surface area contributed by atoms with Gasteiger partial charge in [0.1, 0.15) is 11.5 Å². The summed E-state index contributed by atoms with van der Waals surface area (Å²) in [5.41, 5.74) is 2.44. The van der Waals surface area contributed by atoms with Crippen LogP contribution in [-0.2, 0) is 12.8 Å². The standard InChI is InChI=1S/C26H29FO2/c1-3-28-23-15-12-22(13-16-23)18-20(2)8-7-9-21-14-17-25(27)26(19-21)29-24-10-5-4-6-11-24/h4-6,10-17,19-20H,3,7-9,18H2,1-2H3. The number of ether oxygens (including phenoxy) is 2. The largest absolute Gasteiger partial charge is 0.494 e. The van der Waals surface area contributed by atoms with Crippen molar-refractivity contribution in [2.75, 3.05) is 6.61 Å². The Hall–Kier alpha value is -2.81. The van der Waals surface area contributed by atoms with Crippen LogP contribution in [0.5, 0.6) is 17.2 Å². The molecule has 0 spiro atoms. The van der Waals surface area contributed by atoms with Crippen LogP contribution in [0.25, 0.3) is 0 Å². The van der Waals surface area contributed by atoms with Gasteiger partial charge in [-0.15, -0.1) is 0 Å². The first kappa shape index (κ1) is 20.9. The number of hydrogen-bond acceptors (Lipinski definition) is 2. The summed E-state index contributed by atoms with van der Waals surface area (Å²) in [5, 5.41) is 0. The third-order valence-electron chi connectivity index (χ3n) is 4.95. The van der Waals surface area contributed by atoms with Gasteiger partial charge in [0.05, 0.1) is 6.61 Å².